The minimum absolute atomic E-state index is 0.0688. The fraction of sp³-hybridized carbons (Fsp3) is 0.731. The van der Waals surface area contributed by atoms with Gasteiger partial charge in [-0.25, -0.2) is 4.79 Å². The molecule has 3 heterocycles. The Morgan fingerprint density at radius 1 is 0.914 bits per heavy atom. The van der Waals surface area contributed by atoms with Gasteiger partial charge >= 0.3 is 12.2 Å². The highest BCUT2D eigenvalue weighted by atomic mass is 19.4. The average Bonchev–Trinajstić information content (AvgIpc) is 3.37. The Kier molecular flexibility index (Phi) is 9.16. The van der Waals surface area contributed by atoms with Crippen molar-refractivity contribution in [2.24, 2.45) is 5.92 Å². The Hall–Kier alpha value is -2.00. The predicted octanol–water partition coefficient (Wildman–Crippen LogP) is 4.13. The molecule has 1 aromatic rings. The van der Waals surface area contributed by atoms with Gasteiger partial charge in [0.25, 0.3) is 0 Å². The number of benzene rings is 1. The van der Waals surface area contributed by atoms with Gasteiger partial charge in [0.15, 0.2) is 0 Å². The molecule has 0 bridgehead atoms. The number of rotatable bonds is 8. The van der Waals surface area contributed by atoms with Crippen LogP contribution in [0.4, 0.5) is 23.7 Å². The number of urea groups is 1. The molecule has 35 heavy (non-hydrogen) atoms. The molecule has 0 aliphatic carbocycles. The summed E-state index contributed by atoms with van der Waals surface area (Å²) in [6, 6.07) is 5.67. The van der Waals surface area contributed by atoms with Crippen molar-refractivity contribution in [1.82, 2.24) is 20.0 Å². The molecule has 0 radical (unpaired) electrons. The maximum atomic E-state index is 13.0. The van der Waals surface area contributed by atoms with Crippen LogP contribution in [-0.4, -0.2) is 92.7 Å². The maximum Gasteiger partial charge on any atom is 0.416 e. The molecule has 1 aromatic carbocycles. The molecule has 9 heteroatoms. The zero-order chi connectivity index (χ0) is 24.7. The number of piperazine rings is 1. The molecule has 6 nitrogen and oxygen atoms in total. The van der Waals surface area contributed by atoms with Crippen LogP contribution in [0.5, 0.6) is 0 Å². The van der Waals surface area contributed by atoms with E-state index in [1.54, 1.807) is 6.07 Å². The Morgan fingerprint density at radius 3 is 2.31 bits per heavy atom. The number of hydrogen-bond acceptors (Lipinski definition) is 4. The third-order valence-corrected chi connectivity index (χ3v) is 7.71. The summed E-state index contributed by atoms with van der Waals surface area (Å²) in [5, 5.41) is 3.08. The van der Waals surface area contributed by atoms with Crippen molar-refractivity contribution in [3.63, 3.8) is 0 Å². The van der Waals surface area contributed by atoms with Crippen LogP contribution in [0.25, 0.3) is 0 Å². The molecule has 3 saturated heterocycles. The van der Waals surface area contributed by atoms with Crippen molar-refractivity contribution in [3.05, 3.63) is 29.8 Å². The summed E-state index contributed by atoms with van der Waals surface area (Å²) in [7, 11) is 0. The van der Waals surface area contributed by atoms with Crippen LogP contribution < -0.4 is 10.2 Å². The van der Waals surface area contributed by atoms with E-state index in [0.717, 1.165) is 83.5 Å². The summed E-state index contributed by atoms with van der Waals surface area (Å²) < 4.78 is 38.9. The first-order valence-electron chi connectivity index (χ1n) is 13.3. The number of carbonyl (C=O) groups is 1. The number of anilines is 1. The molecule has 196 valence electrons. The summed E-state index contributed by atoms with van der Waals surface area (Å²) >= 11 is 0. The molecule has 3 aliphatic rings. The van der Waals surface area contributed by atoms with E-state index in [1.807, 2.05) is 9.80 Å². The molecule has 0 atom stereocenters. The lowest BCUT2D eigenvalue weighted by molar-refractivity contribution is -0.137. The fourth-order valence-electron chi connectivity index (χ4n) is 5.53. The second kappa shape index (κ2) is 12.3. The van der Waals surface area contributed by atoms with Crippen LogP contribution in [0, 0.1) is 5.92 Å². The van der Waals surface area contributed by atoms with E-state index < -0.39 is 11.7 Å². The SMILES string of the molecule is O=C(NCCCCN1CCN(c2cccc(C(F)(F)F)c2)CC1)N1CCC(CN2CCCC2)CC1. The maximum absolute atomic E-state index is 13.0. The van der Waals surface area contributed by atoms with Crippen molar-refractivity contribution in [3.8, 4) is 0 Å². The number of amides is 2. The van der Waals surface area contributed by atoms with Gasteiger partial charge in [-0.15, -0.1) is 0 Å². The van der Waals surface area contributed by atoms with Crippen molar-refractivity contribution in [2.75, 3.05) is 76.9 Å². The van der Waals surface area contributed by atoms with E-state index in [-0.39, 0.29) is 6.03 Å². The highest BCUT2D eigenvalue weighted by Gasteiger charge is 2.31. The average molecular weight is 496 g/mol. The minimum Gasteiger partial charge on any atom is -0.369 e. The van der Waals surface area contributed by atoms with Crippen LogP contribution in [-0.2, 0) is 6.18 Å². The highest BCUT2D eigenvalue weighted by molar-refractivity contribution is 5.74. The topological polar surface area (TPSA) is 42.1 Å². The lowest BCUT2D eigenvalue weighted by Crippen LogP contribution is -2.47. The van der Waals surface area contributed by atoms with Gasteiger partial charge < -0.3 is 20.0 Å². The first kappa shape index (κ1) is 26.1. The smallest absolute Gasteiger partial charge is 0.369 e. The van der Waals surface area contributed by atoms with E-state index >= 15 is 0 Å². The summed E-state index contributed by atoms with van der Waals surface area (Å²) in [6.07, 6.45) is 2.51. The number of piperidine rings is 1. The number of alkyl halides is 3. The lowest BCUT2D eigenvalue weighted by Gasteiger charge is -2.36. The first-order chi connectivity index (χ1) is 16.9. The molecule has 2 amide bonds. The number of unbranched alkanes of at least 4 members (excludes halogenated alkanes) is 1. The molecule has 4 rings (SSSR count). The van der Waals surface area contributed by atoms with Gasteiger partial charge in [-0.05, 0) is 82.3 Å². The van der Waals surface area contributed by atoms with Crippen molar-refractivity contribution >= 4 is 11.7 Å². The van der Waals surface area contributed by atoms with Crippen LogP contribution in [0.3, 0.4) is 0 Å². The fourth-order valence-corrected chi connectivity index (χ4v) is 5.53. The normalized spacial score (nSPS) is 21.0. The molecule has 0 aromatic heterocycles. The molecule has 3 aliphatic heterocycles. The zero-order valence-electron chi connectivity index (χ0n) is 20.7. The second-order valence-corrected chi connectivity index (χ2v) is 10.3. The van der Waals surface area contributed by atoms with Gasteiger partial charge in [-0.1, -0.05) is 6.07 Å². The molecular weight excluding hydrogens is 455 g/mol. The van der Waals surface area contributed by atoms with Gasteiger partial charge in [-0.3, -0.25) is 4.90 Å². The van der Waals surface area contributed by atoms with E-state index in [9.17, 15) is 18.0 Å². The van der Waals surface area contributed by atoms with Crippen LogP contribution in [0.15, 0.2) is 24.3 Å². The molecular formula is C26H40F3N5O. The van der Waals surface area contributed by atoms with E-state index in [4.69, 9.17) is 0 Å². The largest absolute Gasteiger partial charge is 0.416 e. The standard InChI is InChI=1S/C26H40F3N5O/c27-26(28,29)23-6-5-7-24(20-23)33-18-16-31(17-19-33)11-2-1-10-30-25(35)34-14-8-22(9-15-34)21-32-12-3-4-13-32/h5-7,20,22H,1-4,8-19,21H2,(H,30,35). The monoisotopic (exact) mass is 495 g/mol. The lowest BCUT2D eigenvalue weighted by atomic mass is 9.96. The van der Waals surface area contributed by atoms with E-state index in [0.29, 0.717) is 12.2 Å². The summed E-state index contributed by atoms with van der Waals surface area (Å²) in [5.41, 5.74) is 0.0493. The molecule has 3 fully saturated rings. The van der Waals surface area contributed by atoms with E-state index in [1.165, 1.54) is 44.6 Å². The number of nitrogens with zero attached hydrogens (tertiary/aromatic N) is 4. The number of likely N-dealkylation sites (tertiary alicyclic amines) is 2. The summed E-state index contributed by atoms with van der Waals surface area (Å²) in [6.45, 7) is 10.2. The summed E-state index contributed by atoms with van der Waals surface area (Å²) in [4.78, 5) is 21.4. The predicted molar refractivity (Wildman–Crippen MR) is 133 cm³/mol. The number of nitrogens with one attached hydrogen (secondary N) is 1. The Balaban J connectivity index is 1.06. The quantitative estimate of drug-likeness (QED) is 0.551. The Bertz CT molecular complexity index is 798. The van der Waals surface area contributed by atoms with Crippen LogP contribution >= 0.6 is 0 Å². The molecule has 0 unspecified atom stereocenters. The third kappa shape index (κ3) is 7.74. The number of halogens is 3. The Morgan fingerprint density at radius 2 is 1.63 bits per heavy atom. The van der Waals surface area contributed by atoms with Gasteiger partial charge in [0.1, 0.15) is 0 Å². The van der Waals surface area contributed by atoms with Crippen LogP contribution in [0.2, 0.25) is 0 Å². The van der Waals surface area contributed by atoms with Gasteiger partial charge in [0.05, 0.1) is 5.56 Å². The van der Waals surface area contributed by atoms with E-state index in [2.05, 4.69) is 15.1 Å². The third-order valence-electron chi connectivity index (χ3n) is 7.71. The molecule has 0 spiro atoms. The highest BCUT2D eigenvalue weighted by Crippen LogP contribution is 2.32. The number of carbonyl (C=O) groups excluding carboxylic acids is 1. The Labute approximate surface area is 207 Å². The van der Waals surface area contributed by atoms with Crippen molar-refractivity contribution < 1.29 is 18.0 Å². The van der Waals surface area contributed by atoms with Gasteiger partial charge in [0, 0.05) is 58.0 Å². The zero-order valence-corrected chi connectivity index (χ0v) is 20.7. The van der Waals surface area contributed by atoms with Crippen LogP contribution in [0.1, 0.15) is 44.1 Å². The second-order valence-electron chi connectivity index (χ2n) is 10.3. The van der Waals surface area contributed by atoms with Gasteiger partial charge in [-0.2, -0.15) is 13.2 Å². The van der Waals surface area contributed by atoms with Crippen molar-refractivity contribution in [2.45, 2.75) is 44.7 Å². The minimum atomic E-state index is -4.31. The molecule has 0 saturated carbocycles. The summed E-state index contributed by atoms with van der Waals surface area (Å²) in [5.74, 6) is 0.728. The number of hydrogen-bond donors (Lipinski definition) is 1. The van der Waals surface area contributed by atoms with Gasteiger partial charge in [0.2, 0.25) is 0 Å². The first-order valence-corrected chi connectivity index (χ1v) is 13.3. The van der Waals surface area contributed by atoms with Crippen molar-refractivity contribution in [1.29, 1.82) is 0 Å². The molecule has 1 N–H and O–H groups in total.